The molecule has 0 N–H and O–H groups in total. The number of amides is 2. The van der Waals surface area contributed by atoms with Crippen LogP contribution in [0, 0.1) is 6.92 Å². The van der Waals surface area contributed by atoms with E-state index >= 15 is 0 Å². The zero-order chi connectivity index (χ0) is 23.9. The minimum atomic E-state index is -0.183. The molecular formula is C28H32N2O3. The second-order valence-electron chi connectivity index (χ2n) is 9.89. The summed E-state index contributed by atoms with van der Waals surface area (Å²) in [6.45, 7) is 11.7. The molecular weight excluding hydrogens is 412 g/mol. The molecule has 5 heteroatoms. The summed E-state index contributed by atoms with van der Waals surface area (Å²) in [5, 5.41) is 0. The maximum atomic E-state index is 13.8. The Morgan fingerprint density at radius 3 is 2.27 bits per heavy atom. The van der Waals surface area contributed by atoms with Gasteiger partial charge in [0.2, 0.25) is 5.91 Å². The summed E-state index contributed by atoms with van der Waals surface area (Å²) in [5.41, 5.74) is 3.08. The summed E-state index contributed by atoms with van der Waals surface area (Å²) in [4.78, 5) is 30.3. The number of para-hydroxylation sites is 2. The Morgan fingerprint density at radius 2 is 1.67 bits per heavy atom. The molecule has 172 valence electrons. The third kappa shape index (κ3) is 4.20. The van der Waals surface area contributed by atoms with Crippen molar-refractivity contribution in [3.05, 3.63) is 83.3 Å². The predicted octanol–water partition coefficient (Wildman–Crippen LogP) is 6.42. The summed E-state index contributed by atoms with van der Waals surface area (Å²) < 4.78 is 5.96. The zero-order valence-corrected chi connectivity index (χ0v) is 20.3. The summed E-state index contributed by atoms with van der Waals surface area (Å²) in [7, 11) is 0. The van der Waals surface area contributed by atoms with Gasteiger partial charge in [-0.15, -0.1) is 0 Å². The van der Waals surface area contributed by atoms with E-state index in [4.69, 9.17) is 4.42 Å². The number of nitrogens with zero attached hydrogens (tertiary/aromatic N) is 2. The van der Waals surface area contributed by atoms with Gasteiger partial charge in [-0.3, -0.25) is 9.59 Å². The third-order valence-corrected chi connectivity index (χ3v) is 6.35. The van der Waals surface area contributed by atoms with Gasteiger partial charge >= 0.3 is 0 Å². The fourth-order valence-electron chi connectivity index (χ4n) is 4.70. The fourth-order valence-corrected chi connectivity index (χ4v) is 4.70. The highest BCUT2D eigenvalue weighted by atomic mass is 16.3. The monoisotopic (exact) mass is 444 g/mol. The first-order valence-electron chi connectivity index (χ1n) is 11.5. The van der Waals surface area contributed by atoms with E-state index in [0.29, 0.717) is 17.7 Å². The minimum Gasteiger partial charge on any atom is -0.465 e. The molecule has 3 aromatic rings. The largest absolute Gasteiger partial charge is 0.465 e. The molecule has 1 aliphatic heterocycles. The maximum Gasteiger partial charge on any atom is 0.262 e. The van der Waals surface area contributed by atoms with Crippen LogP contribution >= 0.6 is 0 Å². The van der Waals surface area contributed by atoms with Crippen molar-refractivity contribution in [1.29, 1.82) is 0 Å². The first-order valence-corrected chi connectivity index (χ1v) is 11.5. The van der Waals surface area contributed by atoms with Crippen LogP contribution < -0.4 is 9.80 Å². The number of aryl methyl sites for hydroxylation is 1. The van der Waals surface area contributed by atoms with Gasteiger partial charge in [-0.05, 0) is 50.1 Å². The number of hydrogen-bond acceptors (Lipinski definition) is 3. The van der Waals surface area contributed by atoms with Crippen LogP contribution in [0.3, 0.4) is 0 Å². The van der Waals surface area contributed by atoms with Gasteiger partial charge in [-0.2, -0.15) is 0 Å². The molecule has 2 aromatic carbocycles. The van der Waals surface area contributed by atoms with Crippen molar-refractivity contribution in [1.82, 2.24) is 0 Å². The summed E-state index contributed by atoms with van der Waals surface area (Å²) in [6.07, 6.45) is 0.639. The molecule has 2 atom stereocenters. The van der Waals surface area contributed by atoms with Crippen LogP contribution in [0.1, 0.15) is 74.5 Å². The van der Waals surface area contributed by atoms with Gasteiger partial charge in [0, 0.05) is 29.8 Å². The Labute approximate surface area is 196 Å². The highest BCUT2D eigenvalue weighted by Crippen LogP contribution is 2.43. The molecule has 0 bridgehead atoms. The highest BCUT2D eigenvalue weighted by Gasteiger charge is 2.39. The zero-order valence-electron chi connectivity index (χ0n) is 20.3. The fraction of sp³-hybridized carbons (Fsp3) is 0.357. The molecule has 0 saturated heterocycles. The lowest BCUT2D eigenvalue weighted by Crippen LogP contribution is -2.47. The van der Waals surface area contributed by atoms with Crippen molar-refractivity contribution >= 4 is 23.2 Å². The van der Waals surface area contributed by atoms with Crippen LogP contribution in [0.2, 0.25) is 0 Å². The lowest BCUT2D eigenvalue weighted by atomic mass is 9.89. The molecule has 0 radical (unpaired) electrons. The van der Waals surface area contributed by atoms with Crippen molar-refractivity contribution in [3.63, 3.8) is 0 Å². The van der Waals surface area contributed by atoms with E-state index in [2.05, 4.69) is 20.8 Å². The first kappa shape index (κ1) is 22.8. The average molecular weight is 445 g/mol. The van der Waals surface area contributed by atoms with E-state index in [-0.39, 0.29) is 29.3 Å². The van der Waals surface area contributed by atoms with Gasteiger partial charge in [-0.25, -0.2) is 0 Å². The number of hydrogen-bond donors (Lipinski definition) is 0. The molecule has 1 aromatic heterocycles. The van der Waals surface area contributed by atoms with Gasteiger partial charge in [-0.1, -0.05) is 57.2 Å². The second kappa shape index (κ2) is 8.54. The molecule has 1 aliphatic rings. The first-order chi connectivity index (χ1) is 15.6. The topological polar surface area (TPSA) is 53.8 Å². The Kier molecular flexibility index (Phi) is 5.91. The number of benzene rings is 2. The summed E-state index contributed by atoms with van der Waals surface area (Å²) in [6, 6.07) is 19.3. The molecule has 0 saturated carbocycles. The Balaban J connectivity index is 1.78. The summed E-state index contributed by atoms with van der Waals surface area (Å²) in [5.74, 6) is 1.34. The van der Waals surface area contributed by atoms with Crippen LogP contribution in [0.5, 0.6) is 0 Å². The highest BCUT2D eigenvalue weighted by molar-refractivity contribution is 6.08. The number of fused-ring (bicyclic) bond motifs is 1. The molecule has 5 nitrogen and oxygen atoms in total. The van der Waals surface area contributed by atoms with Crippen LogP contribution in [0.4, 0.5) is 11.4 Å². The third-order valence-electron chi connectivity index (χ3n) is 6.35. The lowest BCUT2D eigenvalue weighted by Gasteiger charge is -2.43. The maximum absolute atomic E-state index is 13.8. The molecule has 0 fully saturated rings. The van der Waals surface area contributed by atoms with Crippen LogP contribution in [0.15, 0.2) is 65.1 Å². The number of carbonyl (C=O) groups is 2. The molecule has 2 heterocycles. The van der Waals surface area contributed by atoms with E-state index in [1.165, 1.54) is 0 Å². The van der Waals surface area contributed by atoms with E-state index in [1.54, 1.807) is 6.92 Å². The number of rotatable bonds is 3. The van der Waals surface area contributed by atoms with Gasteiger partial charge in [0.1, 0.15) is 11.5 Å². The van der Waals surface area contributed by atoms with E-state index in [1.807, 2.05) is 84.3 Å². The lowest BCUT2D eigenvalue weighted by molar-refractivity contribution is -0.117. The van der Waals surface area contributed by atoms with Crippen LogP contribution in [-0.2, 0) is 10.2 Å². The molecule has 0 unspecified atom stereocenters. The standard InChI is InChI=1S/C28H32N2O3/c1-18-16-25(30(20(3)31)21-12-8-7-9-13-21)22-14-10-11-15-24(22)29(18)27(32)23-17-26(28(4,5)6)33-19(23)2/h7-15,17-18,25H,16H2,1-6H3/t18-,25+/m0/s1. The number of furan rings is 1. The number of carbonyl (C=O) groups excluding carboxylic acids is 2. The SMILES string of the molecule is CC(=O)N(c1ccccc1)[C@@H]1C[C@H](C)N(C(=O)c2cc(C(C)(C)C)oc2C)c2ccccc21. The van der Waals surface area contributed by atoms with Crippen LogP contribution in [-0.4, -0.2) is 17.9 Å². The normalized spacial score (nSPS) is 18.1. The van der Waals surface area contributed by atoms with Crippen molar-refractivity contribution in [2.45, 2.75) is 65.5 Å². The average Bonchev–Trinajstić information content (AvgIpc) is 3.16. The Hall–Kier alpha value is -3.34. The van der Waals surface area contributed by atoms with E-state index in [0.717, 1.165) is 22.7 Å². The van der Waals surface area contributed by atoms with Gasteiger partial charge in [0.25, 0.3) is 5.91 Å². The molecule has 2 amide bonds. The quantitative estimate of drug-likeness (QED) is 0.468. The molecule has 0 aliphatic carbocycles. The van der Waals surface area contributed by atoms with Crippen molar-refractivity contribution < 1.29 is 14.0 Å². The Morgan fingerprint density at radius 1 is 1.03 bits per heavy atom. The summed E-state index contributed by atoms with van der Waals surface area (Å²) >= 11 is 0. The van der Waals surface area contributed by atoms with Gasteiger partial charge < -0.3 is 14.2 Å². The Bertz CT molecular complexity index is 1170. The number of anilines is 2. The molecule has 33 heavy (non-hydrogen) atoms. The molecule has 0 spiro atoms. The van der Waals surface area contributed by atoms with Crippen molar-refractivity contribution in [2.75, 3.05) is 9.80 Å². The van der Waals surface area contributed by atoms with E-state index in [9.17, 15) is 9.59 Å². The predicted molar refractivity (Wildman–Crippen MR) is 132 cm³/mol. The van der Waals surface area contributed by atoms with Crippen LogP contribution in [0.25, 0.3) is 0 Å². The van der Waals surface area contributed by atoms with Gasteiger partial charge in [0.15, 0.2) is 0 Å². The minimum absolute atomic E-state index is 0.0199. The van der Waals surface area contributed by atoms with Gasteiger partial charge in [0.05, 0.1) is 11.6 Å². The molecule has 4 rings (SSSR count). The second-order valence-corrected chi connectivity index (χ2v) is 9.89. The van der Waals surface area contributed by atoms with E-state index < -0.39 is 0 Å². The smallest absolute Gasteiger partial charge is 0.262 e. The van der Waals surface area contributed by atoms with Crippen molar-refractivity contribution in [2.24, 2.45) is 0 Å². The van der Waals surface area contributed by atoms with Crippen molar-refractivity contribution in [3.8, 4) is 0 Å².